The van der Waals surface area contributed by atoms with Gasteiger partial charge in [0.25, 0.3) is 0 Å². The molecule has 5 heteroatoms. The number of hydrogen-bond acceptors (Lipinski definition) is 2. The Hall–Kier alpha value is -1.71. The molecule has 2 rings (SSSR count). The lowest BCUT2D eigenvalue weighted by molar-refractivity contribution is -0.116. The Labute approximate surface area is 127 Å². The van der Waals surface area contributed by atoms with E-state index < -0.39 is 0 Å². The predicted octanol–water partition coefficient (Wildman–Crippen LogP) is 4.15. The van der Waals surface area contributed by atoms with Crippen molar-refractivity contribution in [3.8, 4) is 0 Å². The molecule has 0 unspecified atom stereocenters. The first-order valence-electron chi connectivity index (χ1n) is 6.14. The standard InChI is InChI=1S/C15H14Cl2N2O/c16-11-5-6-13(17)14(9-11)19-15(20)7-4-10-2-1-3-12(18)8-10/h1-3,5-6,8-9H,4,7,18H2,(H,19,20). The van der Waals surface area contributed by atoms with Gasteiger partial charge in [-0.1, -0.05) is 35.3 Å². The highest BCUT2D eigenvalue weighted by molar-refractivity contribution is 6.35. The Bertz CT molecular complexity index is 629. The summed E-state index contributed by atoms with van der Waals surface area (Å²) in [6, 6.07) is 12.4. The van der Waals surface area contributed by atoms with Crippen LogP contribution in [-0.4, -0.2) is 5.91 Å². The zero-order valence-corrected chi connectivity index (χ0v) is 12.2. The Morgan fingerprint density at radius 2 is 1.95 bits per heavy atom. The zero-order chi connectivity index (χ0) is 14.5. The molecule has 104 valence electrons. The summed E-state index contributed by atoms with van der Waals surface area (Å²) < 4.78 is 0. The van der Waals surface area contributed by atoms with Gasteiger partial charge in [-0.2, -0.15) is 0 Å². The van der Waals surface area contributed by atoms with Crippen LogP contribution in [0.5, 0.6) is 0 Å². The fraction of sp³-hybridized carbons (Fsp3) is 0.133. The van der Waals surface area contributed by atoms with E-state index in [0.29, 0.717) is 34.3 Å². The highest BCUT2D eigenvalue weighted by Gasteiger charge is 2.07. The second-order valence-electron chi connectivity index (χ2n) is 4.42. The smallest absolute Gasteiger partial charge is 0.224 e. The van der Waals surface area contributed by atoms with Crippen LogP contribution < -0.4 is 11.1 Å². The number of rotatable bonds is 4. The van der Waals surface area contributed by atoms with E-state index in [1.165, 1.54) is 0 Å². The van der Waals surface area contributed by atoms with E-state index in [9.17, 15) is 4.79 Å². The molecule has 0 atom stereocenters. The second kappa shape index (κ2) is 6.64. The van der Waals surface area contributed by atoms with Crippen molar-refractivity contribution in [3.63, 3.8) is 0 Å². The van der Waals surface area contributed by atoms with E-state index in [1.807, 2.05) is 24.3 Å². The molecule has 0 aliphatic heterocycles. The number of nitrogens with one attached hydrogen (secondary N) is 1. The number of hydrogen-bond donors (Lipinski definition) is 2. The van der Waals surface area contributed by atoms with Gasteiger partial charge in [0, 0.05) is 17.1 Å². The summed E-state index contributed by atoms with van der Waals surface area (Å²) in [5.41, 5.74) is 7.94. The minimum atomic E-state index is -0.114. The summed E-state index contributed by atoms with van der Waals surface area (Å²) >= 11 is 11.9. The SMILES string of the molecule is Nc1cccc(CCC(=O)Nc2cc(Cl)ccc2Cl)c1. The summed E-state index contributed by atoms with van der Waals surface area (Å²) in [4.78, 5) is 11.9. The molecule has 0 heterocycles. The molecular formula is C15H14Cl2N2O. The van der Waals surface area contributed by atoms with Crippen molar-refractivity contribution in [1.29, 1.82) is 0 Å². The third-order valence-corrected chi connectivity index (χ3v) is 3.36. The zero-order valence-electron chi connectivity index (χ0n) is 10.7. The number of halogens is 2. The van der Waals surface area contributed by atoms with E-state index in [1.54, 1.807) is 18.2 Å². The summed E-state index contributed by atoms with van der Waals surface area (Å²) in [5, 5.41) is 3.74. The number of carbonyl (C=O) groups is 1. The highest BCUT2D eigenvalue weighted by atomic mass is 35.5. The monoisotopic (exact) mass is 308 g/mol. The van der Waals surface area contributed by atoms with Gasteiger partial charge in [-0.15, -0.1) is 0 Å². The fourth-order valence-electron chi connectivity index (χ4n) is 1.81. The lowest BCUT2D eigenvalue weighted by Crippen LogP contribution is -2.12. The molecule has 2 aromatic rings. The molecule has 1 amide bonds. The number of benzene rings is 2. The van der Waals surface area contributed by atoms with Gasteiger partial charge in [-0.3, -0.25) is 4.79 Å². The molecule has 0 aliphatic rings. The first kappa shape index (κ1) is 14.7. The Kier molecular flexibility index (Phi) is 4.88. The summed E-state index contributed by atoms with van der Waals surface area (Å²) in [6.45, 7) is 0. The molecule has 3 nitrogen and oxygen atoms in total. The molecule has 0 bridgehead atoms. The lowest BCUT2D eigenvalue weighted by atomic mass is 10.1. The van der Waals surface area contributed by atoms with E-state index in [0.717, 1.165) is 5.56 Å². The molecule has 0 aliphatic carbocycles. The number of carbonyl (C=O) groups excluding carboxylic acids is 1. The van der Waals surface area contributed by atoms with E-state index in [2.05, 4.69) is 5.32 Å². The van der Waals surface area contributed by atoms with Gasteiger partial charge < -0.3 is 11.1 Å². The third kappa shape index (κ3) is 4.15. The van der Waals surface area contributed by atoms with E-state index in [4.69, 9.17) is 28.9 Å². The maximum absolute atomic E-state index is 11.9. The number of amides is 1. The van der Waals surface area contributed by atoms with Gasteiger partial charge in [0.1, 0.15) is 0 Å². The first-order valence-corrected chi connectivity index (χ1v) is 6.89. The number of anilines is 2. The third-order valence-electron chi connectivity index (χ3n) is 2.79. The molecule has 0 radical (unpaired) electrons. The van der Waals surface area contributed by atoms with Crippen molar-refractivity contribution in [2.45, 2.75) is 12.8 Å². The molecule has 0 fully saturated rings. The van der Waals surface area contributed by atoms with Crippen LogP contribution in [0.4, 0.5) is 11.4 Å². The number of nitrogens with two attached hydrogens (primary N) is 1. The van der Waals surface area contributed by atoms with E-state index >= 15 is 0 Å². The van der Waals surface area contributed by atoms with Crippen LogP contribution in [0.25, 0.3) is 0 Å². The van der Waals surface area contributed by atoms with Crippen molar-refractivity contribution >= 4 is 40.5 Å². The molecule has 0 spiro atoms. The van der Waals surface area contributed by atoms with Gasteiger partial charge in [-0.05, 0) is 42.3 Å². The van der Waals surface area contributed by atoms with Gasteiger partial charge >= 0.3 is 0 Å². The van der Waals surface area contributed by atoms with Crippen LogP contribution in [-0.2, 0) is 11.2 Å². The minimum Gasteiger partial charge on any atom is -0.399 e. The molecule has 2 aromatic carbocycles. The van der Waals surface area contributed by atoms with Crippen LogP contribution in [0.15, 0.2) is 42.5 Å². The summed E-state index contributed by atoms with van der Waals surface area (Å²) in [6.07, 6.45) is 0.974. The minimum absolute atomic E-state index is 0.114. The quantitative estimate of drug-likeness (QED) is 0.834. The van der Waals surface area contributed by atoms with Crippen molar-refractivity contribution in [3.05, 3.63) is 58.1 Å². The molecule has 0 saturated carbocycles. The number of nitrogen functional groups attached to an aromatic ring is 1. The maximum Gasteiger partial charge on any atom is 0.224 e. The van der Waals surface area contributed by atoms with Crippen molar-refractivity contribution in [1.82, 2.24) is 0 Å². The van der Waals surface area contributed by atoms with Crippen molar-refractivity contribution < 1.29 is 4.79 Å². The Morgan fingerprint density at radius 3 is 2.70 bits per heavy atom. The van der Waals surface area contributed by atoms with Crippen LogP contribution >= 0.6 is 23.2 Å². The molecular weight excluding hydrogens is 295 g/mol. The van der Waals surface area contributed by atoms with Crippen LogP contribution in [0.2, 0.25) is 10.0 Å². The Morgan fingerprint density at radius 1 is 1.15 bits per heavy atom. The molecule has 20 heavy (non-hydrogen) atoms. The highest BCUT2D eigenvalue weighted by Crippen LogP contribution is 2.25. The van der Waals surface area contributed by atoms with Crippen LogP contribution in [0.3, 0.4) is 0 Å². The molecule has 3 N–H and O–H groups in total. The topological polar surface area (TPSA) is 55.1 Å². The van der Waals surface area contributed by atoms with Crippen LogP contribution in [0.1, 0.15) is 12.0 Å². The molecule has 0 saturated heterocycles. The average molecular weight is 309 g/mol. The average Bonchev–Trinajstić information content (AvgIpc) is 2.41. The maximum atomic E-state index is 11.9. The second-order valence-corrected chi connectivity index (χ2v) is 5.26. The molecule has 0 aromatic heterocycles. The Balaban J connectivity index is 1.94. The summed E-state index contributed by atoms with van der Waals surface area (Å²) in [5.74, 6) is -0.114. The predicted molar refractivity (Wildman–Crippen MR) is 84.3 cm³/mol. The fourth-order valence-corrected chi connectivity index (χ4v) is 2.15. The number of aryl methyl sites for hydroxylation is 1. The summed E-state index contributed by atoms with van der Waals surface area (Å²) in [7, 11) is 0. The van der Waals surface area contributed by atoms with Crippen molar-refractivity contribution in [2.24, 2.45) is 0 Å². The van der Waals surface area contributed by atoms with Crippen LogP contribution in [0, 0.1) is 0 Å². The normalized spacial score (nSPS) is 10.3. The first-order chi connectivity index (χ1) is 9.54. The van der Waals surface area contributed by atoms with Gasteiger partial charge in [-0.25, -0.2) is 0 Å². The largest absolute Gasteiger partial charge is 0.399 e. The van der Waals surface area contributed by atoms with E-state index in [-0.39, 0.29) is 5.91 Å². The van der Waals surface area contributed by atoms with Gasteiger partial charge in [0.05, 0.1) is 10.7 Å². The van der Waals surface area contributed by atoms with Crippen molar-refractivity contribution in [2.75, 3.05) is 11.1 Å². The lowest BCUT2D eigenvalue weighted by Gasteiger charge is -2.08. The van der Waals surface area contributed by atoms with Gasteiger partial charge in [0.15, 0.2) is 0 Å². The van der Waals surface area contributed by atoms with Gasteiger partial charge in [0.2, 0.25) is 5.91 Å².